The molecule has 100 valence electrons. The van der Waals surface area contributed by atoms with Crippen LogP contribution in [0.15, 0.2) is 31.0 Å². The number of pyridine rings is 1. The van der Waals surface area contributed by atoms with Crippen LogP contribution in [-0.4, -0.2) is 30.6 Å². The van der Waals surface area contributed by atoms with E-state index in [1.165, 1.54) is 12.4 Å². The fourth-order valence-electron chi connectivity index (χ4n) is 1.93. The Kier molecular flexibility index (Phi) is 2.82. The predicted octanol–water partition coefficient (Wildman–Crippen LogP) is 0.693. The van der Waals surface area contributed by atoms with Crippen LogP contribution in [0.4, 0.5) is 4.39 Å². The van der Waals surface area contributed by atoms with Crippen molar-refractivity contribution < 1.29 is 4.39 Å². The van der Waals surface area contributed by atoms with Gasteiger partial charge >= 0.3 is 0 Å². The molecule has 3 rings (SSSR count). The Morgan fingerprint density at radius 3 is 2.75 bits per heavy atom. The van der Waals surface area contributed by atoms with Gasteiger partial charge in [0.15, 0.2) is 5.65 Å². The van der Waals surface area contributed by atoms with Gasteiger partial charge in [-0.15, -0.1) is 0 Å². The van der Waals surface area contributed by atoms with Gasteiger partial charge in [0.25, 0.3) is 0 Å². The lowest BCUT2D eigenvalue weighted by Crippen LogP contribution is -2.13. The third-order valence-corrected chi connectivity index (χ3v) is 2.76. The number of hydrogen-bond acceptors (Lipinski definition) is 5. The number of nitrogens with one attached hydrogen (secondary N) is 1. The van der Waals surface area contributed by atoms with Crippen LogP contribution in [-0.2, 0) is 6.54 Å². The highest BCUT2D eigenvalue weighted by Crippen LogP contribution is 2.18. The van der Waals surface area contributed by atoms with Crippen LogP contribution in [0.3, 0.4) is 0 Å². The number of rotatable bonds is 3. The molecule has 0 unspecified atom stereocenters. The van der Waals surface area contributed by atoms with E-state index in [0.717, 1.165) is 11.8 Å². The van der Waals surface area contributed by atoms with Gasteiger partial charge in [-0.1, -0.05) is 0 Å². The molecular weight excluding hydrogens is 261 g/mol. The predicted molar refractivity (Wildman–Crippen MR) is 69.6 cm³/mol. The minimum absolute atomic E-state index is 0.212. The second kappa shape index (κ2) is 4.65. The van der Waals surface area contributed by atoms with Crippen LogP contribution in [0.5, 0.6) is 0 Å². The first-order valence-electron chi connectivity index (χ1n) is 5.75. The number of aromatic nitrogens is 5. The van der Waals surface area contributed by atoms with Crippen molar-refractivity contribution >= 4 is 16.9 Å². The Morgan fingerprint density at radius 1 is 1.30 bits per heavy atom. The first kappa shape index (κ1) is 12.2. The molecule has 0 saturated heterocycles. The van der Waals surface area contributed by atoms with Crippen molar-refractivity contribution in [2.24, 2.45) is 5.73 Å². The minimum Gasteiger partial charge on any atom is -0.382 e. The molecule has 8 heteroatoms. The van der Waals surface area contributed by atoms with Gasteiger partial charge in [-0.2, -0.15) is 5.10 Å². The van der Waals surface area contributed by atoms with Crippen LogP contribution < -0.4 is 5.73 Å². The maximum Gasteiger partial charge on any atom is 0.159 e. The summed E-state index contributed by atoms with van der Waals surface area (Å²) in [5.41, 5.74) is 6.96. The first-order valence-corrected chi connectivity index (χ1v) is 5.75. The maximum absolute atomic E-state index is 13.3. The largest absolute Gasteiger partial charge is 0.382 e. The van der Waals surface area contributed by atoms with Gasteiger partial charge in [0.2, 0.25) is 0 Å². The van der Waals surface area contributed by atoms with E-state index in [9.17, 15) is 4.39 Å². The van der Waals surface area contributed by atoms with Crippen molar-refractivity contribution in [2.45, 2.75) is 6.54 Å². The molecule has 3 aromatic rings. The standard InChI is InChI=1S/C12H10FN7/c13-8-1-9-10(11(14)15)19-20(12(9)18-4-8)5-7-2-16-6-17-3-7/h1-4,6H,5H2,(H3,14,15). The average Bonchev–Trinajstić information content (AvgIpc) is 2.78. The number of fused-ring (bicyclic) bond motifs is 1. The molecule has 0 spiro atoms. The average molecular weight is 271 g/mol. The smallest absolute Gasteiger partial charge is 0.159 e. The van der Waals surface area contributed by atoms with E-state index in [0.29, 0.717) is 17.6 Å². The fraction of sp³-hybridized carbons (Fsp3) is 0.0833. The van der Waals surface area contributed by atoms with Crippen molar-refractivity contribution in [1.29, 1.82) is 5.41 Å². The van der Waals surface area contributed by atoms with Crippen molar-refractivity contribution in [3.63, 3.8) is 0 Å². The normalized spacial score (nSPS) is 10.8. The molecule has 3 heterocycles. The zero-order chi connectivity index (χ0) is 14.1. The quantitative estimate of drug-likeness (QED) is 0.538. The van der Waals surface area contributed by atoms with E-state index in [2.05, 4.69) is 20.1 Å². The molecule has 3 aromatic heterocycles. The monoisotopic (exact) mass is 271 g/mol. The molecule has 0 amide bonds. The summed E-state index contributed by atoms with van der Waals surface area (Å²) in [6, 6.07) is 1.27. The maximum atomic E-state index is 13.3. The Balaban J connectivity index is 2.14. The molecule has 20 heavy (non-hydrogen) atoms. The Bertz CT molecular complexity index is 781. The lowest BCUT2D eigenvalue weighted by molar-refractivity contribution is 0.622. The van der Waals surface area contributed by atoms with E-state index in [-0.39, 0.29) is 11.5 Å². The van der Waals surface area contributed by atoms with Crippen molar-refractivity contribution in [2.75, 3.05) is 0 Å². The molecule has 0 saturated carbocycles. The summed E-state index contributed by atoms with van der Waals surface area (Å²) in [7, 11) is 0. The van der Waals surface area contributed by atoms with Gasteiger partial charge in [-0.25, -0.2) is 24.0 Å². The van der Waals surface area contributed by atoms with Gasteiger partial charge in [0.1, 0.15) is 23.7 Å². The van der Waals surface area contributed by atoms with Crippen molar-refractivity contribution in [3.8, 4) is 0 Å². The summed E-state index contributed by atoms with van der Waals surface area (Å²) in [5.74, 6) is -0.729. The lowest BCUT2D eigenvalue weighted by Gasteiger charge is -2.01. The number of nitrogen functional groups attached to an aromatic ring is 1. The molecule has 0 aliphatic carbocycles. The molecule has 0 fully saturated rings. The van der Waals surface area contributed by atoms with Crippen LogP contribution in [0.25, 0.3) is 11.0 Å². The minimum atomic E-state index is -0.498. The fourth-order valence-corrected chi connectivity index (χ4v) is 1.93. The molecule has 7 nitrogen and oxygen atoms in total. The number of amidine groups is 1. The van der Waals surface area contributed by atoms with E-state index in [1.54, 1.807) is 17.1 Å². The molecule has 0 aliphatic rings. The lowest BCUT2D eigenvalue weighted by atomic mass is 10.2. The van der Waals surface area contributed by atoms with E-state index >= 15 is 0 Å². The van der Waals surface area contributed by atoms with Crippen molar-refractivity contribution in [1.82, 2.24) is 24.7 Å². The number of nitrogens with zero attached hydrogens (tertiary/aromatic N) is 5. The molecule has 0 aliphatic heterocycles. The highest BCUT2D eigenvalue weighted by atomic mass is 19.1. The van der Waals surface area contributed by atoms with Crippen molar-refractivity contribution in [3.05, 3.63) is 48.1 Å². The summed E-state index contributed by atoms with van der Waals surface area (Å²) < 4.78 is 14.8. The Hall–Kier alpha value is -2.90. The molecular formula is C12H10FN7. The third kappa shape index (κ3) is 2.07. The Labute approximate surface area is 112 Å². The van der Waals surface area contributed by atoms with Gasteiger partial charge in [0, 0.05) is 18.0 Å². The molecule has 0 radical (unpaired) electrons. The third-order valence-electron chi connectivity index (χ3n) is 2.76. The number of halogens is 1. The van der Waals surface area contributed by atoms with Gasteiger partial charge in [-0.05, 0) is 6.07 Å². The van der Waals surface area contributed by atoms with Crippen LogP contribution in [0.1, 0.15) is 11.3 Å². The number of hydrogen-bond donors (Lipinski definition) is 2. The SMILES string of the molecule is N=C(N)c1nn(Cc2cncnc2)c2ncc(F)cc12. The summed E-state index contributed by atoms with van der Waals surface area (Å²) >= 11 is 0. The molecule has 0 bridgehead atoms. The van der Waals surface area contributed by atoms with Gasteiger partial charge in [-0.3, -0.25) is 5.41 Å². The zero-order valence-corrected chi connectivity index (χ0v) is 10.3. The second-order valence-corrected chi connectivity index (χ2v) is 4.19. The molecule has 0 atom stereocenters. The number of nitrogens with two attached hydrogens (primary N) is 1. The second-order valence-electron chi connectivity index (χ2n) is 4.19. The van der Waals surface area contributed by atoms with Crippen LogP contribution in [0, 0.1) is 11.2 Å². The summed E-state index contributed by atoms with van der Waals surface area (Å²) in [6.07, 6.45) is 5.83. The van der Waals surface area contributed by atoms with E-state index in [1.807, 2.05) is 0 Å². The topological polar surface area (TPSA) is 106 Å². The van der Waals surface area contributed by atoms with Gasteiger partial charge in [0.05, 0.1) is 18.1 Å². The molecule has 0 aromatic carbocycles. The Morgan fingerprint density at radius 2 is 2.05 bits per heavy atom. The zero-order valence-electron chi connectivity index (χ0n) is 10.3. The van der Waals surface area contributed by atoms with Crippen LogP contribution in [0.2, 0.25) is 0 Å². The highest BCUT2D eigenvalue weighted by Gasteiger charge is 2.15. The summed E-state index contributed by atoms with van der Waals surface area (Å²) in [5, 5.41) is 12.1. The van der Waals surface area contributed by atoms with E-state index in [4.69, 9.17) is 11.1 Å². The van der Waals surface area contributed by atoms with Gasteiger partial charge < -0.3 is 5.73 Å². The van der Waals surface area contributed by atoms with Crippen LogP contribution >= 0.6 is 0 Å². The highest BCUT2D eigenvalue weighted by molar-refractivity contribution is 6.04. The first-order chi connectivity index (χ1) is 9.65. The summed E-state index contributed by atoms with van der Waals surface area (Å²) in [4.78, 5) is 11.8. The summed E-state index contributed by atoms with van der Waals surface area (Å²) in [6.45, 7) is 0.364. The van der Waals surface area contributed by atoms with E-state index < -0.39 is 5.82 Å². The molecule has 3 N–H and O–H groups in total.